The van der Waals surface area contributed by atoms with Gasteiger partial charge in [-0.1, -0.05) is 6.92 Å². The normalized spacial score (nSPS) is 29.1. The number of hydrogen-bond donors (Lipinski definition) is 2. The van der Waals surface area contributed by atoms with E-state index in [0.29, 0.717) is 43.5 Å². The number of alkyl halides is 3. The molecule has 0 aliphatic carbocycles. The van der Waals surface area contributed by atoms with Crippen molar-refractivity contribution >= 4 is 29.9 Å². The van der Waals surface area contributed by atoms with Crippen molar-refractivity contribution in [2.24, 2.45) is 10.9 Å². The molecule has 0 bridgehead atoms. The number of rotatable bonds is 4. The van der Waals surface area contributed by atoms with Gasteiger partial charge >= 0.3 is 6.18 Å². The third kappa shape index (κ3) is 7.09. The molecule has 0 spiro atoms. The van der Waals surface area contributed by atoms with Crippen LogP contribution in [-0.2, 0) is 0 Å². The van der Waals surface area contributed by atoms with E-state index in [1.165, 1.54) is 4.90 Å². The van der Waals surface area contributed by atoms with E-state index in [1.807, 2.05) is 0 Å². The Hall–Kier alpha value is -0.290. The minimum atomic E-state index is -4.13. The number of aliphatic imine (C=N–C) groups is 1. The maximum absolute atomic E-state index is 12.5. The quantitative estimate of drug-likeness (QED) is 0.370. The Morgan fingerprint density at radius 1 is 1.20 bits per heavy atom. The largest absolute Gasteiger partial charge is 0.401 e. The molecule has 3 unspecified atom stereocenters. The lowest BCUT2D eigenvalue weighted by atomic mass is 10.1. The van der Waals surface area contributed by atoms with Crippen molar-refractivity contribution in [3.8, 4) is 0 Å². The molecule has 148 valence electrons. The molecule has 2 heterocycles. The monoisotopic (exact) mass is 477 g/mol. The lowest BCUT2D eigenvalue weighted by molar-refractivity contribution is -0.143. The fourth-order valence-electron chi connectivity index (χ4n) is 3.50. The summed E-state index contributed by atoms with van der Waals surface area (Å²) in [5, 5.41) is 6.73. The SMILES string of the molecule is CN=C(NC1CCN(CC(F)(F)F)C1)NC1CN(C(C)C)CC1C.I. The Labute approximate surface area is 165 Å². The summed E-state index contributed by atoms with van der Waals surface area (Å²) in [5.74, 6) is 1.20. The molecule has 5 nitrogen and oxygen atoms in total. The maximum Gasteiger partial charge on any atom is 0.401 e. The number of halogens is 4. The Balaban J connectivity index is 0.00000312. The molecular formula is C16H31F3IN5. The number of guanidine groups is 1. The third-order valence-corrected chi connectivity index (χ3v) is 4.93. The zero-order valence-electron chi connectivity index (χ0n) is 15.4. The predicted molar refractivity (Wildman–Crippen MR) is 106 cm³/mol. The molecule has 2 aliphatic rings. The van der Waals surface area contributed by atoms with Gasteiger partial charge in [0.25, 0.3) is 0 Å². The van der Waals surface area contributed by atoms with E-state index in [0.717, 1.165) is 13.1 Å². The molecule has 2 fully saturated rings. The molecule has 0 amide bonds. The number of likely N-dealkylation sites (tertiary alicyclic amines) is 2. The molecule has 2 N–H and O–H groups in total. The summed E-state index contributed by atoms with van der Waals surface area (Å²) in [5.41, 5.74) is 0. The van der Waals surface area contributed by atoms with E-state index in [-0.39, 0.29) is 30.0 Å². The van der Waals surface area contributed by atoms with Crippen molar-refractivity contribution in [2.45, 2.75) is 51.5 Å². The van der Waals surface area contributed by atoms with Gasteiger partial charge in [0.05, 0.1) is 6.54 Å². The molecule has 3 atom stereocenters. The van der Waals surface area contributed by atoms with Crippen molar-refractivity contribution in [3.63, 3.8) is 0 Å². The van der Waals surface area contributed by atoms with E-state index in [4.69, 9.17) is 0 Å². The van der Waals surface area contributed by atoms with Crippen LogP contribution in [-0.4, -0.2) is 79.8 Å². The Bertz CT molecular complexity index is 444. The average molecular weight is 477 g/mol. The fraction of sp³-hybridized carbons (Fsp3) is 0.938. The summed E-state index contributed by atoms with van der Waals surface area (Å²) < 4.78 is 37.4. The molecule has 0 saturated carbocycles. The zero-order chi connectivity index (χ0) is 17.9. The average Bonchev–Trinajstić information content (AvgIpc) is 3.04. The van der Waals surface area contributed by atoms with Crippen LogP contribution in [0.1, 0.15) is 27.2 Å². The molecule has 2 rings (SSSR count). The van der Waals surface area contributed by atoms with E-state index in [1.54, 1.807) is 7.05 Å². The van der Waals surface area contributed by atoms with Gasteiger partial charge in [-0.2, -0.15) is 13.2 Å². The van der Waals surface area contributed by atoms with Crippen molar-refractivity contribution in [1.29, 1.82) is 0 Å². The molecule has 0 aromatic rings. The van der Waals surface area contributed by atoms with E-state index in [9.17, 15) is 13.2 Å². The second-order valence-electron chi connectivity index (χ2n) is 7.33. The smallest absolute Gasteiger partial charge is 0.352 e. The lowest BCUT2D eigenvalue weighted by Gasteiger charge is -2.24. The highest BCUT2D eigenvalue weighted by atomic mass is 127. The van der Waals surface area contributed by atoms with Crippen LogP contribution >= 0.6 is 24.0 Å². The van der Waals surface area contributed by atoms with Gasteiger partial charge in [-0.05, 0) is 26.2 Å². The van der Waals surface area contributed by atoms with Crippen LogP contribution < -0.4 is 10.6 Å². The van der Waals surface area contributed by atoms with Crippen LogP contribution in [0.2, 0.25) is 0 Å². The highest BCUT2D eigenvalue weighted by Crippen LogP contribution is 2.21. The Morgan fingerprint density at radius 2 is 1.88 bits per heavy atom. The summed E-state index contributed by atoms with van der Waals surface area (Å²) >= 11 is 0. The van der Waals surface area contributed by atoms with Crippen LogP contribution in [0.5, 0.6) is 0 Å². The van der Waals surface area contributed by atoms with E-state index in [2.05, 4.69) is 41.3 Å². The molecule has 0 aromatic carbocycles. The van der Waals surface area contributed by atoms with Crippen molar-refractivity contribution in [1.82, 2.24) is 20.4 Å². The molecule has 2 aliphatic heterocycles. The molecule has 0 radical (unpaired) electrons. The fourth-order valence-corrected chi connectivity index (χ4v) is 3.50. The van der Waals surface area contributed by atoms with Gasteiger partial charge < -0.3 is 10.6 Å². The Kier molecular flexibility index (Phi) is 8.73. The van der Waals surface area contributed by atoms with Crippen LogP contribution in [0.3, 0.4) is 0 Å². The van der Waals surface area contributed by atoms with Crippen molar-refractivity contribution in [2.75, 3.05) is 39.8 Å². The minimum Gasteiger partial charge on any atom is -0.352 e. The lowest BCUT2D eigenvalue weighted by Crippen LogP contribution is -2.50. The summed E-state index contributed by atoms with van der Waals surface area (Å²) in [6.07, 6.45) is -3.43. The van der Waals surface area contributed by atoms with E-state index >= 15 is 0 Å². The second-order valence-corrected chi connectivity index (χ2v) is 7.33. The second kappa shape index (κ2) is 9.59. The van der Waals surface area contributed by atoms with Gasteiger partial charge in [-0.15, -0.1) is 24.0 Å². The van der Waals surface area contributed by atoms with Gasteiger partial charge in [-0.3, -0.25) is 14.8 Å². The highest BCUT2D eigenvalue weighted by molar-refractivity contribution is 14.0. The standard InChI is InChI=1S/C16H30F3N5.HI/c1-11(2)24-7-12(3)14(9-24)22-15(20-4)21-13-5-6-23(8-13)10-16(17,18)19;/h11-14H,5-10H2,1-4H3,(H2,20,21,22);1H. The third-order valence-electron chi connectivity index (χ3n) is 4.93. The topological polar surface area (TPSA) is 42.9 Å². The molecule has 2 saturated heterocycles. The van der Waals surface area contributed by atoms with Crippen molar-refractivity contribution < 1.29 is 13.2 Å². The van der Waals surface area contributed by atoms with Crippen LogP contribution in [0.15, 0.2) is 4.99 Å². The number of nitrogens with zero attached hydrogens (tertiary/aromatic N) is 3. The molecule has 0 aromatic heterocycles. The number of hydrogen-bond acceptors (Lipinski definition) is 3. The van der Waals surface area contributed by atoms with Crippen LogP contribution in [0.4, 0.5) is 13.2 Å². The molecule has 9 heteroatoms. The first-order chi connectivity index (χ1) is 11.2. The van der Waals surface area contributed by atoms with Gasteiger partial charge in [0.1, 0.15) is 0 Å². The van der Waals surface area contributed by atoms with E-state index < -0.39 is 12.7 Å². The summed E-state index contributed by atoms with van der Waals surface area (Å²) in [7, 11) is 1.71. The van der Waals surface area contributed by atoms with Crippen LogP contribution in [0, 0.1) is 5.92 Å². The van der Waals surface area contributed by atoms with Crippen molar-refractivity contribution in [3.05, 3.63) is 0 Å². The first kappa shape index (κ1) is 22.8. The highest BCUT2D eigenvalue weighted by Gasteiger charge is 2.35. The van der Waals surface area contributed by atoms with Gasteiger partial charge in [0.2, 0.25) is 0 Å². The summed E-state index contributed by atoms with van der Waals surface area (Å²) in [6, 6.07) is 0.836. The maximum atomic E-state index is 12.5. The number of nitrogens with one attached hydrogen (secondary N) is 2. The predicted octanol–water partition coefficient (Wildman–Crippen LogP) is 2.13. The first-order valence-corrected chi connectivity index (χ1v) is 8.71. The van der Waals surface area contributed by atoms with Crippen LogP contribution in [0.25, 0.3) is 0 Å². The molecule has 25 heavy (non-hydrogen) atoms. The van der Waals surface area contributed by atoms with Gasteiger partial charge in [-0.25, -0.2) is 0 Å². The summed E-state index contributed by atoms with van der Waals surface area (Å²) in [4.78, 5) is 8.13. The first-order valence-electron chi connectivity index (χ1n) is 8.71. The minimum absolute atomic E-state index is 0. The zero-order valence-corrected chi connectivity index (χ0v) is 17.8. The van der Waals surface area contributed by atoms with Gasteiger partial charge in [0, 0.05) is 51.4 Å². The van der Waals surface area contributed by atoms with Gasteiger partial charge in [0.15, 0.2) is 5.96 Å². The Morgan fingerprint density at radius 3 is 2.40 bits per heavy atom. The summed E-state index contributed by atoms with van der Waals surface area (Å²) in [6.45, 7) is 8.65. The molecular weight excluding hydrogens is 446 g/mol.